The van der Waals surface area contributed by atoms with Crippen molar-refractivity contribution >= 4 is 31.3 Å². The summed E-state index contributed by atoms with van der Waals surface area (Å²) in [6, 6.07) is 10.9. The molecule has 0 fully saturated rings. The van der Waals surface area contributed by atoms with E-state index in [1.807, 2.05) is 13.8 Å². The van der Waals surface area contributed by atoms with Crippen LogP contribution in [0.3, 0.4) is 0 Å². The zero-order valence-corrected chi connectivity index (χ0v) is 20.6. The highest BCUT2D eigenvalue weighted by molar-refractivity contribution is 7.91. The summed E-state index contributed by atoms with van der Waals surface area (Å²) in [7, 11) is -8.97. The first-order valence-corrected chi connectivity index (χ1v) is 13.6. The van der Waals surface area contributed by atoms with Gasteiger partial charge in [-0.25, -0.2) is 8.42 Å². The first kappa shape index (κ1) is 26.1. The monoisotopic (exact) mass is 521 g/mol. The van der Waals surface area contributed by atoms with Gasteiger partial charge in [0.1, 0.15) is 0 Å². The van der Waals surface area contributed by atoms with Crippen molar-refractivity contribution in [3.63, 3.8) is 0 Å². The van der Waals surface area contributed by atoms with E-state index >= 15 is 0 Å². The van der Waals surface area contributed by atoms with E-state index in [9.17, 15) is 30.0 Å². The van der Waals surface area contributed by atoms with E-state index in [0.29, 0.717) is 18.7 Å². The van der Waals surface area contributed by atoms with E-state index in [1.165, 1.54) is 6.07 Å². The molecule has 0 amide bonds. The van der Waals surface area contributed by atoms with Crippen LogP contribution >= 0.6 is 0 Å². The van der Waals surface area contributed by atoms with E-state index < -0.39 is 36.6 Å². The number of sulfone groups is 1. The van der Waals surface area contributed by atoms with Crippen molar-refractivity contribution in [2.24, 2.45) is 5.41 Å². The van der Waals surface area contributed by atoms with Gasteiger partial charge in [-0.05, 0) is 24.0 Å². The second kappa shape index (κ2) is 9.29. The number of para-hydroxylation sites is 1. The van der Waals surface area contributed by atoms with Crippen LogP contribution in [0.5, 0.6) is 11.5 Å². The van der Waals surface area contributed by atoms with Gasteiger partial charge in [-0.2, -0.15) is 21.6 Å². The van der Waals surface area contributed by atoms with Crippen LogP contribution in [0.25, 0.3) is 0 Å². The second-order valence-corrected chi connectivity index (χ2v) is 12.0. The highest BCUT2D eigenvalue weighted by Gasteiger charge is 2.49. The number of unbranched alkanes of at least 4 members (excludes halogenated alkanes) is 1. The third-order valence-electron chi connectivity index (χ3n) is 5.63. The van der Waals surface area contributed by atoms with E-state index in [2.05, 4.69) is 4.18 Å². The van der Waals surface area contributed by atoms with Gasteiger partial charge in [-0.3, -0.25) is 0 Å². The summed E-state index contributed by atoms with van der Waals surface area (Å²) in [5.41, 5.74) is -5.55. The molecule has 0 saturated heterocycles. The first-order chi connectivity index (χ1) is 15.7. The molecule has 12 heteroatoms. The highest BCUT2D eigenvalue weighted by atomic mass is 32.2. The molecule has 0 spiro atoms. The average molecular weight is 522 g/mol. The van der Waals surface area contributed by atoms with Crippen molar-refractivity contribution in [3.8, 4) is 11.5 Å². The molecule has 1 aliphatic heterocycles. The minimum absolute atomic E-state index is 0.167. The Morgan fingerprint density at radius 1 is 1.12 bits per heavy atom. The van der Waals surface area contributed by atoms with Crippen molar-refractivity contribution in [3.05, 3.63) is 42.5 Å². The van der Waals surface area contributed by atoms with Crippen molar-refractivity contribution in [2.45, 2.75) is 43.5 Å². The van der Waals surface area contributed by atoms with Gasteiger partial charge in [-0.1, -0.05) is 44.9 Å². The Bertz CT molecular complexity index is 1250. The number of nitrogens with zero attached hydrogens (tertiary/aromatic N) is 1. The fourth-order valence-electron chi connectivity index (χ4n) is 4.02. The van der Waals surface area contributed by atoms with Crippen LogP contribution in [0, 0.1) is 5.41 Å². The van der Waals surface area contributed by atoms with Crippen molar-refractivity contribution in [1.82, 2.24) is 0 Å². The van der Waals surface area contributed by atoms with Gasteiger partial charge in [0.05, 0.1) is 23.4 Å². The van der Waals surface area contributed by atoms with Gasteiger partial charge in [0, 0.05) is 24.4 Å². The molecule has 1 aliphatic rings. The fraction of sp³-hybridized carbons (Fsp3) is 0.455. The number of fused-ring (bicyclic) bond motifs is 1. The number of benzene rings is 2. The van der Waals surface area contributed by atoms with Crippen molar-refractivity contribution in [2.75, 3.05) is 24.3 Å². The molecular weight excluding hydrogens is 495 g/mol. The largest absolute Gasteiger partial charge is 0.534 e. The number of ether oxygens (including phenoxy) is 1. The molecule has 2 aromatic carbocycles. The summed E-state index contributed by atoms with van der Waals surface area (Å²) < 4.78 is 98.4. The Kier molecular flexibility index (Phi) is 7.14. The molecule has 0 bridgehead atoms. The van der Waals surface area contributed by atoms with Crippen LogP contribution in [0.4, 0.5) is 24.5 Å². The quantitative estimate of drug-likeness (QED) is 0.372. The predicted octanol–water partition coefficient (Wildman–Crippen LogP) is 5.05. The zero-order valence-electron chi connectivity index (χ0n) is 18.9. The molecule has 7 nitrogen and oxygen atoms in total. The Morgan fingerprint density at radius 3 is 2.32 bits per heavy atom. The molecule has 0 saturated carbocycles. The smallest absolute Gasteiger partial charge is 0.493 e. The third-order valence-corrected chi connectivity index (χ3v) is 8.67. The molecule has 0 aromatic heterocycles. The van der Waals surface area contributed by atoms with Crippen LogP contribution in [0.15, 0.2) is 47.4 Å². The number of methoxy groups -OCH3 is 1. The summed E-state index contributed by atoms with van der Waals surface area (Å²) in [5, 5.41) is 0. The highest BCUT2D eigenvalue weighted by Crippen LogP contribution is 2.47. The average Bonchev–Trinajstić information content (AvgIpc) is 2.83. The van der Waals surface area contributed by atoms with E-state index in [-0.39, 0.29) is 22.1 Å². The third kappa shape index (κ3) is 5.27. The van der Waals surface area contributed by atoms with E-state index in [1.54, 1.807) is 35.2 Å². The first-order valence-electron chi connectivity index (χ1n) is 10.5. The Labute approximate surface area is 197 Å². The number of alkyl halides is 3. The molecule has 1 unspecified atom stereocenters. The van der Waals surface area contributed by atoms with Gasteiger partial charge in [-0.15, -0.1) is 0 Å². The molecule has 2 aromatic rings. The Hall–Kier alpha value is -2.47. The number of halogens is 3. The SMILES string of the molecule is CCCCC1(C)CN(c2ccccc2)c2cc(OC)c(OS(=O)(=O)C(F)(F)F)cc2S(=O)(=O)C1. The van der Waals surface area contributed by atoms with Gasteiger partial charge < -0.3 is 13.8 Å². The molecule has 3 rings (SSSR count). The lowest BCUT2D eigenvalue weighted by Gasteiger charge is -2.34. The summed E-state index contributed by atoms with van der Waals surface area (Å²) >= 11 is 0. The maximum absolute atomic E-state index is 13.5. The maximum Gasteiger partial charge on any atom is 0.534 e. The number of anilines is 2. The van der Waals surface area contributed by atoms with Gasteiger partial charge in [0.15, 0.2) is 21.3 Å². The number of hydrogen-bond acceptors (Lipinski definition) is 7. The molecule has 188 valence electrons. The van der Waals surface area contributed by atoms with Crippen LogP contribution in [-0.2, 0) is 20.0 Å². The Morgan fingerprint density at radius 2 is 1.76 bits per heavy atom. The molecule has 1 atom stereocenters. The molecule has 0 N–H and O–H groups in total. The molecule has 0 radical (unpaired) electrons. The number of hydrogen-bond donors (Lipinski definition) is 0. The van der Waals surface area contributed by atoms with Crippen molar-refractivity contribution in [1.29, 1.82) is 0 Å². The minimum Gasteiger partial charge on any atom is -0.493 e. The Balaban J connectivity index is 2.26. The van der Waals surface area contributed by atoms with Gasteiger partial charge in [0.25, 0.3) is 0 Å². The maximum atomic E-state index is 13.5. The fourth-order valence-corrected chi connectivity index (χ4v) is 6.57. The topological polar surface area (TPSA) is 90.0 Å². The molecular formula is C22H26F3NO6S2. The number of rotatable bonds is 7. The molecule has 1 heterocycles. The summed E-state index contributed by atoms with van der Waals surface area (Å²) in [5.74, 6) is -1.47. The lowest BCUT2D eigenvalue weighted by Crippen LogP contribution is -2.35. The van der Waals surface area contributed by atoms with Crippen molar-refractivity contribution < 1.29 is 38.9 Å². The normalized spacial score (nSPS) is 20.4. The van der Waals surface area contributed by atoms with Gasteiger partial charge in [0.2, 0.25) is 0 Å². The molecule has 0 aliphatic carbocycles. The van der Waals surface area contributed by atoms with Gasteiger partial charge >= 0.3 is 15.6 Å². The second-order valence-electron chi connectivity index (χ2n) is 8.55. The van der Waals surface area contributed by atoms with Crippen LogP contribution in [0.2, 0.25) is 0 Å². The lowest BCUT2D eigenvalue weighted by molar-refractivity contribution is -0.0500. The molecule has 34 heavy (non-hydrogen) atoms. The minimum atomic E-state index is -6.05. The summed E-state index contributed by atoms with van der Waals surface area (Å²) in [6.07, 6.45) is 2.24. The van der Waals surface area contributed by atoms with E-state index in [4.69, 9.17) is 4.74 Å². The standard InChI is InChI=1S/C22H26F3NO6S2/c1-4-5-11-21(2)14-26(16-9-7-6-8-10-16)17-12-18(31-3)19(13-20(17)33(27,28)15-21)32-34(29,30)22(23,24)25/h6-10,12-13H,4-5,11,14-15H2,1-3H3. The summed E-state index contributed by atoms with van der Waals surface area (Å²) in [4.78, 5) is 1.44. The van der Waals surface area contributed by atoms with Crippen LogP contribution in [0.1, 0.15) is 33.1 Å². The summed E-state index contributed by atoms with van der Waals surface area (Å²) in [6.45, 7) is 4.16. The van der Waals surface area contributed by atoms with E-state index in [0.717, 1.165) is 26.0 Å². The van der Waals surface area contributed by atoms with Crippen LogP contribution in [-0.4, -0.2) is 41.8 Å². The predicted molar refractivity (Wildman–Crippen MR) is 122 cm³/mol. The van der Waals surface area contributed by atoms with Crippen LogP contribution < -0.4 is 13.8 Å². The lowest BCUT2D eigenvalue weighted by atomic mass is 9.86. The zero-order chi connectivity index (χ0) is 25.4.